The Kier molecular flexibility index (Phi) is 2.49. The Bertz CT molecular complexity index is 240. The number of hydrogen-bond donors (Lipinski definition) is 1. The number of rotatable bonds is 1. The Morgan fingerprint density at radius 3 is 2.67 bits per heavy atom. The summed E-state index contributed by atoms with van der Waals surface area (Å²) in [6.07, 6.45) is 4.32. The van der Waals surface area contributed by atoms with E-state index in [9.17, 15) is 5.11 Å². The van der Waals surface area contributed by atoms with Crippen LogP contribution < -0.4 is 0 Å². The van der Waals surface area contributed by atoms with E-state index in [1.54, 1.807) is 0 Å². The van der Waals surface area contributed by atoms with Gasteiger partial charge in [0.2, 0.25) is 0 Å². The molecule has 0 aromatic rings. The Balaban J connectivity index is 1.76. The lowest BCUT2D eigenvalue weighted by atomic mass is 9.70. The summed E-state index contributed by atoms with van der Waals surface area (Å²) >= 11 is 0. The predicted molar refractivity (Wildman–Crippen MR) is 57.7 cm³/mol. The van der Waals surface area contributed by atoms with E-state index >= 15 is 0 Å². The fourth-order valence-corrected chi connectivity index (χ4v) is 3.72. The van der Waals surface area contributed by atoms with Crippen LogP contribution in [0, 0.1) is 11.8 Å². The van der Waals surface area contributed by atoms with Gasteiger partial charge in [-0.2, -0.15) is 0 Å². The second-order valence-corrected chi connectivity index (χ2v) is 5.41. The summed E-state index contributed by atoms with van der Waals surface area (Å²) in [5.41, 5.74) is -0.364. The fraction of sp³-hybridized carbons (Fsp3) is 1.00. The molecule has 3 atom stereocenters. The number of nitrogens with zero attached hydrogens (tertiary/aromatic N) is 1. The molecule has 0 saturated carbocycles. The summed E-state index contributed by atoms with van der Waals surface area (Å²) in [5, 5.41) is 10.9. The number of piperidine rings is 1. The van der Waals surface area contributed by atoms with Crippen LogP contribution in [0.5, 0.6) is 0 Å². The van der Waals surface area contributed by atoms with Gasteiger partial charge in [-0.05, 0) is 38.1 Å². The van der Waals surface area contributed by atoms with Crippen molar-refractivity contribution in [2.45, 2.75) is 31.3 Å². The highest BCUT2D eigenvalue weighted by atomic mass is 16.5. The quantitative estimate of drug-likeness (QED) is 0.698. The average molecular weight is 211 g/mol. The lowest BCUT2D eigenvalue weighted by molar-refractivity contribution is -0.118. The fourth-order valence-electron chi connectivity index (χ4n) is 3.72. The van der Waals surface area contributed by atoms with Gasteiger partial charge in [0.25, 0.3) is 0 Å². The lowest BCUT2D eigenvalue weighted by Gasteiger charge is -2.45. The van der Waals surface area contributed by atoms with Crippen molar-refractivity contribution in [2.75, 3.05) is 32.8 Å². The largest absolute Gasteiger partial charge is 0.389 e. The second kappa shape index (κ2) is 3.72. The van der Waals surface area contributed by atoms with Gasteiger partial charge < -0.3 is 14.7 Å². The van der Waals surface area contributed by atoms with Crippen LogP contribution in [-0.2, 0) is 4.74 Å². The summed E-state index contributed by atoms with van der Waals surface area (Å²) in [5.74, 6) is 1.03. The van der Waals surface area contributed by atoms with Gasteiger partial charge >= 0.3 is 0 Å². The minimum absolute atomic E-state index is 0.364. The maximum atomic E-state index is 10.9. The molecule has 3 unspecified atom stereocenters. The summed E-state index contributed by atoms with van der Waals surface area (Å²) < 4.78 is 5.39. The van der Waals surface area contributed by atoms with Crippen LogP contribution in [0.25, 0.3) is 0 Å². The van der Waals surface area contributed by atoms with Crippen molar-refractivity contribution < 1.29 is 9.84 Å². The Morgan fingerprint density at radius 2 is 1.87 bits per heavy atom. The first kappa shape index (κ1) is 10.1. The highest BCUT2D eigenvalue weighted by molar-refractivity contribution is 5.01. The molecule has 3 rings (SSSR count). The molecule has 3 fully saturated rings. The highest BCUT2D eigenvalue weighted by Crippen LogP contribution is 2.43. The number of fused-ring (bicyclic) bond motifs is 2. The van der Waals surface area contributed by atoms with Crippen LogP contribution >= 0.6 is 0 Å². The van der Waals surface area contributed by atoms with Gasteiger partial charge in [-0.1, -0.05) is 0 Å². The van der Waals surface area contributed by atoms with Crippen LogP contribution in [0.3, 0.4) is 0 Å². The van der Waals surface area contributed by atoms with Crippen LogP contribution in [0.2, 0.25) is 0 Å². The van der Waals surface area contributed by atoms with Crippen molar-refractivity contribution in [3.63, 3.8) is 0 Å². The van der Waals surface area contributed by atoms with Crippen molar-refractivity contribution in [3.05, 3.63) is 0 Å². The first-order chi connectivity index (χ1) is 7.29. The minimum Gasteiger partial charge on any atom is -0.389 e. The molecule has 0 aromatic carbocycles. The van der Waals surface area contributed by atoms with E-state index in [0.29, 0.717) is 11.8 Å². The van der Waals surface area contributed by atoms with Gasteiger partial charge in [0, 0.05) is 32.2 Å². The molecule has 86 valence electrons. The standard InChI is InChI=1S/C12H21NO2/c14-12(10-2-7-15-8-3-10)4-6-13-5-1-11(12)9-13/h10-11,14H,1-9H2. The van der Waals surface area contributed by atoms with Crippen LogP contribution in [-0.4, -0.2) is 48.5 Å². The molecule has 3 aliphatic heterocycles. The van der Waals surface area contributed by atoms with Crippen molar-refractivity contribution in [1.82, 2.24) is 4.90 Å². The zero-order valence-corrected chi connectivity index (χ0v) is 9.32. The van der Waals surface area contributed by atoms with Crippen molar-refractivity contribution >= 4 is 0 Å². The first-order valence-corrected chi connectivity index (χ1v) is 6.31. The van der Waals surface area contributed by atoms with Crippen molar-refractivity contribution in [1.29, 1.82) is 0 Å². The molecule has 0 radical (unpaired) electrons. The van der Waals surface area contributed by atoms with Gasteiger partial charge in [0.15, 0.2) is 0 Å². The average Bonchev–Trinajstić information content (AvgIpc) is 2.71. The molecule has 3 saturated heterocycles. The van der Waals surface area contributed by atoms with Gasteiger partial charge in [-0.15, -0.1) is 0 Å². The molecule has 0 spiro atoms. The molecular formula is C12H21NO2. The molecule has 3 aliphatic rings. The topological polar surface area (TPSA) is 32.7 Å². The van der Waals surface area contributed by atoms with Gasteiger partial charge in [-0.3, -0.25) is 0 Å². The monoisotopic (exact) mass is 211 g/mol. The molecule has 0 amide bonds. The van der Waals surface area contributed by atoms with Gasteiger partial charge in [0.1, 0.15) is 0 Å². The van der Waals surface area contributed by atoms with Gasteiger partial charge in [-0.25, -0.2) is 0 Å². The molecule has 1 N–H and O–H groups in total. The molecule has 0 aliphatic carbocycles. The Labute approximate surface area is 91.4 Å². The summed E-state index contributed by atoms with van der Waals surface area (Å²) in [4.78, 5) is 2.50. The molecule has 15 heavy (non-hydrogen) atoms. The summed E-state index contributed by atoms with van der Waals surface area (Å²) in [6.45, 7) is 5.14. The summed E-state index contributed by atoms with van der Waals surface area (Å²) in [6, 6.07) is 0. The van der Waals surface area contributed by atoms with Crippen LogP contribution in [0.15, 0.2) is 0 Å². The van der Waals surface area contributed by atoms with E-state index in [-0.39, 0.29) is 5.60 Å². The van der Waals surface area contributed by atoms with E-state index in [1.807, 2.05) is 0 Å². The SMILES string of the molecule is OC1(C2CCOCC2)CCN2CCC1C2. The van der Waals surface area contributed by atoms with E-state index < -0.39 is 0 Å². The van der Waals surface area contributed by atoms with Crippen LogP contribution in [0.4, 0.5) is 0 Å². The molecule has 3 heteroatoms. The van der Waals surface area contributed by atoms with Crippen LogP contribution in [0.1, 0.15) is 25.7 Å². The molecule has 3 heterocycles. The number of ether oxygens (including phenoxy) is 1. The normalized spacial score (nSPS) is 47.0. The summed E-state index contributed by atoms with van der Waals surface area (Å²) in [7, 11) is 0. The number of hydrogen-bond acceptors (Lipinski definition) is 3. The maximum Gasteiger partial charge on any atom is 0.0730 e. The first-order valence-electron chi connectivity index (χ1n) is 6.31. The minimum atomic E-state index is -0.364. The van der Waals surface area contributed by atoms with Crippen molar-refractivity contribution in [2.24, 2.45) is 11.8 Å². The number of aliphatic hydroxyl groups is 1. The zero-order valence-electron chi connectivity index (χ0n) is 9.32. The van der Waals surface area contributed by atoms with E-state index in [2.05, 4.69) is 4.90 Å². The maximum absolute atomic E-state index is 10.9. The predicted octanol–water partition coefficient (Wildman–Crippen LogP) is 0.870. The Hall–Kier alpha value is -0.120. The van der Waals surface area contributed by atoms with E-state index in [4.69, 9.17) is 4.74 Å². The smallest absolute Gasteiger partial charge is 0.0730 e. The third-order valence-electron chi connectivity index (χ3n) is 4.74. The third-order valence-corrected chi connectivity index (χ3v) is 4.74. The highest BCUT2D eigenvalue weighted by Gasteiger charge is 2.49. The van der Waals surface area contributed by atoms with Gasteiger partial charge in [0.05, 0.1) is 5.60 Å². The molecular weight excluding hydrogens is 190 g/mol. The lowest BCUT2D eigenvalue weighted by Crippen LogP contribution is -2.52. The van der Waals surface area contributed by atoms with E-state index in [1.165, 1.54) is 13.0 Å². The molecule has 3 nitrogen and oxygen atoms in total. The Morgan fingerprint density at radius 1 is 1.07 bits per heavy atom. The molecule has 2 bridgehead atoms. The van der Waals surface area contributed by atoms with Crippen molar-refractivity contribution in [3.8, 4) is 0 Å². The van der Waals surface area contributed by atoms with E-state index in [0.717, 1.165) is 45.6 Å². The second-order valence-electron chi connectivity index (χ2n) is 5.41. The third kappa shape index (κ3) is 1.61. The molecule has 0 aromatic heterocycles. The zero-order chi connectivity index (χ0) is 10.3.